The van der Waals surface area contributed by atoms with Crippen LogP contribution in [0.2, 0.25) is 0 Å². The van der Waals surface area contributed by atoms with Crippen molar-refractivity contribution in [2.24, 2.45) is 0 Å². The first-order valence-corrected chi connectivity index (χ1v) is 9.80. The number of amides is 1. The fourth-order valence-electron chi connectivity index (χ4n) is 3.53. The van der Waals surface area contributed by atoms with Crippen LogP contribution in [0, 0.1) is 0 Å². The molecule has 2 aliphatic heterocycles. The number of rotatable bonds is 6. The second-order valence-electron chi connectivity index (χ2n) is 6.40. The van der Waals surface area contributed by atoms with E-state index in [0.29, 0.717) is 18.8 Å². The van der Waals surface area contributed by atoms with Crippen LogP contribution in [0.4, 0.5) is 0 Å². The number of thiazole rings is 1. The molecule has 3 rings (SSSR count). The zero-order valence-electron chi connectivity index (χ0n) is 14.4. The topological polar surface area (TPSA) is 54.9 Å². The van der Waals surface area contributed by atoms with Gasteiger partial charge in [0.15, 0.2) is 0 Å². The normalized spacial score (nSPS) is 21.1. The zero-order valence-corrected chi connectivity index (χ0v) is 15.2. The summed E-state index contributed by atoms with van der Waals surface area (Å²) in [6, 6.07) is 0.599. The Bertz CT molecular complexity index is 495. The molecular weight excluding hydrogens is 326 g/mol. The molecule has 6 nitrogen and oxygen atoms in total. The summed E-state index contributed by atoms with van der Waals surface area (Å²) < 4.78 is 11.2. The Morgan fingerprint density at radius 2 is 2.00 bits per heavy atom. The van der Waals surface area contributed by atoms with Crippen LogP contribution in [-0.4, -0.2) is 72.2 Å². The van der Waals surface area contributed by atoms with Gasteiger partial charge in [-0.25, -0.2) is 4.98 Å². The molecule has 0 atom stereocenters. The number of likely N-dealkylation sites (tertiary alicyclic amines) is 2. The first-order valence-electron chi connectivity index (χ1n) is 8.92. The minimum absolute atomic E-state index is 0.130. The van der Waals surface area contributed by atoms with Gasteiger partial charge in [0.05, 0.1) is 0 Å². The van der Waals surface area contributed by atoms with Crippen LogP contribution < -0.4 is 4.74 Å². The number of carbonyl (C=O) groups is 1. The summed E-state index contributed by atoms with van der Waals surface area (Å²) in [6.45, 7) is 6.60. The Morgan fingerprint density at radius 3 is 2.62 bits per heavy atom. The molecule has 0 radical (unpaired) electrons. The molecule has 0 spiro atoms. The molecular formula is C17H27N3O3S. The third kappa shape index (κ3) is 4.68. The maximum Gasteiger partial charge on any atom is 0.273 e. The molecule has 0 saturated carbocycles. The van der Waals surface area contributed by atoms with Gasteiger partial charge >= 0.3 is 0 Å². The summed E-state index contributed by atoms with van der Waals surface area (Å²) in [5, 5.41) is 2.74. The van der Waals surface area contributed by atoms with Gasteiger partial charge in [-0.2, -0.15) is 0 Å². The second kappa shape index (κ2) is 8.78. The molecule has 1 aromatic heterocycles. The molecule has 0 N–H and O–H groups in total. The van der Waals surface area contributed by atoms with Crippen LogP contribution >= 0.6 is 11.3 Å². The summed E-state index contributed by atoms with van der Waals surface area (Å²) in [7, 11) is 0. The van der Waals surface area contributed by atoms with E-state index in [9.17, 15) is 4.79 Å². The van der Waals surface area contributed by atoms with Crippen molar-refractivity contribution in [2.45, 2.75) is 44.8 Å². The fraction of sp³-hybridized carbons (Fsp3) is 0.765. The number of nitrogens with zero attached hydrogens (tertiary/aromatic N) is 3. The van der Waals surface area contributed by atoms with Gasteiger partial charge in [0, 0.05) is 50.4 Å². The van der Waals surface area contributed by atoms with Crippen molar-refractivity contribution in [1.29, 1.82) is 0 Å². The van der Waals surface area contributed by atoms with E-state index in [2.05, 4.69) is 9.88 Å². The number of hydrogen-bond acceptors (Lipinski definition) is 6. The van der Waals surface area contributed by atoms with Gasteiger partial charge in [-0.15, -0.1) is 0 Å². The molecule has 1 amide bonds. The molecule has 2 fully saturated rings. The summed E-state index contributed by atoms with van der Waals surface area (Å²) in [5.74, 6) is 0.130. The molecule has 2 aliphatic rings. The minimum Gasteiger partial charge on any atom is -0.467 e. The lowest BCUT2D eigenvalue weighted by molar-refractivity contribution is -0.137. The van der Waals surface area contributed by atoms with Crippen LogP contribution in [0.3, 0.4) is 0 Å². The predicted octanol–water partition coefficient (Wildman–Crippen LogP) is 2.01. The summed E-state index contributed by atoms with van der Waals surface area (Å²) in [4.78, 5) is 20.7. The Hall–Kier alpha value is -1.18. The molecule has 0 bridgehead atoms. The zero-order chi connectivity index (χ0) is 16.8. The minimum atomic E-state index is 0.130. The van der Waals surface area contributed by atoms with Crippen LogP contribution in [0.1, 0.15) is 32.6 Å². The standard InChI is InChI=1S/C17H27N3O3S/c1-2-22-13-16(21)20-8-3-14(4-9-20)19-10-5-15(6-11-19)23-17-18-7-12-24-17/h7,12,14-15H,2-6,8-11,13H2,1H3. The highest BCUT2D eigenvalue weighted by Gasteiger charge is 2.30. The van der Waals surface area contributed by atoms with E-state index < -0.39 is 0 Å². The van der Waals surface area contributed by atoms with E-state index in [4.69, 9.17) is 9.47 Å². The van der Waals surface area contributed by atoms with Gasteiger partial charge in [-0.05, 0) is 32.6 Å². The molecule has 0 aromatic carbocycles. The first kappa shape index (κ1) is 17.6. The van der Waals surface area contributed by atoms with Gasteiger partial charge in [-0.3, -0.25) is 9.69 Å². The van der Waals surface area contributed by atoms with Crippen LogP contribution in [0.5, 0.6) is 5.19 Å². The fourth-order valence-corrected chi connectivity index (χ4v) is 4.08. The lowest BCUT2D eigenvalue weighted by Crippen LogP contribution is -2.50. The number of carbonyl (C=O) groups excluding carboxylic acids is 1. The highest BCUT2D eigenvalue weighted by molar-refractivity contribution is 7.11. The lowest BCUT2D eigenvalue weighted by atomic mass is 9.99. The summed E-state index contributed by atoms with van der Waals surface area (Å²) >= 11 is 1.56. The molecule has 7 heteroatoms. The van der Waals surface area contributed by atoms with E-state index >= 15 is 0 Å². The average Bonchev–Trinajstić information content (AvgIpc) is 3.13. The van der Waals surface area contributed by atoms with Crippen molar-refractivity contribution < 1.29 is 14.3 Å². The van der Waals surface area contributed by atoms with Crippen molar-refractivity contribution in [3.63, 3.8) is 0 Å². The lowest BCUT2D eigenvalue weighted by Gasteiger charge is -2.41. The van der Waals surface area contributed by atoms with Crippen molar-refractivity contribution >= 4 is 17.2 Å². The summed E-state index contributed by atoms with van der Waals surface area (Å²) in [5.41, 5.74) is 0. The smallest absolute Gasteiger partial charge is 0.273 e. The van der Waals surface area contributed by atoms with Gasteiger partial charge in [0.2, 0.25) is 5.91 Å². The van der Waals surface area contributed by atoms with E-state index in [1.54, 1.807) is 17.5 Å². The number of ether oxygens (including phenoxy) is 2. The molecule has 134 valence electrons. The Labute approximate surface area is 147 Å². The maximum atomic E-state index is 12.0. The highest BCUT2D eigenvalue weighted by atomic mass is 32.1. The van der Waals surface area contributed by atoms with Crippen molar-refractivity contribution in [2.75, 3.05) is 39.4 Å². The Balaban J connectivity index is 1.38. The third-order valence-corrected chi connectivity index (χ3v) is 5.58. The average molecular weight is 353 g/mol. The maximum absolute atomic E-state index is 12.0. The number of aromatic nitrogens is 1. The van der Waals surface area contributed by atoms with Gasteiger partial charge in [0.25, 0.3) is 5.19 Å². The number of hydrogen-bond donors (Lipinski definition) is 0. The van der Waals surface area contributed by atoms with E-state index in [0.717, 1.165) is 57.1 Å². The first-order chi connectivity index (χ1) is 11.8. The number of piperidine rings is 2. The van der Waals surface area contributed by atoms with Crippen LogP contribution in [0.15, 0.2) is 11.6 Å². The van der Waals surface area contributed by atoms with Gasteiger partial charge in [0.1, 0.15) is 12.7 Å². The third-order valence-electron chi connectivity index (χ3n) is 4.92. The van der Waals surface area contributed by atoms with Crippen molar-refractivity contribution in [1.82, 2.24) is 14.8 Å². The van der Waals surface area contributed by atoms with E-state index in [1.165, 1.54) is 0 Å². The molecule has 24 heavy (non-hydrogen) atoms. The Morgan fingerprint density at radius 1 is 1.25 bits per heavy atom. The molecule has 2 saturated heterocycles. The summed E-state index contributed by atoms with van der Waals surface area (Å²) in [6.07, 6.45) is 6.33. The van der Waals surface area contributed by atoms with Gasteiger partial charge < -0.3 is 14.4 Å². The molecule has 1 aromatic rings. The van der Waals surface area contributed by atoms with E-state index in [-0.39, 0.29) is 12.5 Å². The Kier molecular flexibility index (Phi) is 6.45. The molecule has 0 aliphatic carbocycles. The highest BCUT2D eigenvalue weighted by Crippen LogP contribution is 2.24. The largest absolute Gasteiger partial charge is 0.467 e. The predicted molar refractivity (Wildman–Crippen MR) is 93.4 cm³/mol. The van der Waals surface area contributed by atoms with Crippen LogP contribution in [0.25, 0.3) is 0 Å². The second-order valence-corrected chi connectivity index (χ2v) is 7.26. The van der Waals surface area contributed by atoms with Crippen molar-refractivity contribution in [3.05, 3.63) is 11.6 Å². The monoisotopic (exact) mass is 353 g/mol. The SMILES string of the molecule is CCOCC(=O)N1CCC(N2CCC(Oc3nccs3)CC2)CC1. The molecule has 0 unspecified atom stereocenters. The van der Waals surface area contributed by atoms with Gasteiger partial charge in [-0.1, -0.05) is 11.3 Å². The molecule has 3 heterocycles. The van der Waals surface area contributed by atoms with Crippen LogP contribution in [-0.2, 0) is 9.53 Å². The van der Waals surface area contributed by atoms with E-state index in [1.807, 2.05) is 17.2 Å². The van der Waals surface area contributed by atoms with Crippen molar-refractivity contribution in [3.8, 4) is 5.19 Å². The quantitative estimate of drug-likeness (QED) is 0.783.